The normalized spacial score (nSPS) is 10.3. The molecule has 0 saturated carbocycles. The van der Waals surface area contributed by atoms with Crippen LogP contribution < -0.4 is 5.32 Å². The minimum Gasteiger partial charge on any atom is -0.465 e. The molecular weight excluding hydrogens is 250 g/mol. The monoisotopic (exact) mass is 263 g/mol. The highest BCUT2D eigenvalue weighted by Crippen LogP contribution is 2.29. The fourth-order valence-electron chi connectivity index (χ4n) is 1.80. The summed E-state index contributed by atoms with van der Waals surface area (Å²) in [5, 5.41) is 5.73. The molecule has 0 aliphatic carbocycles. The number of benzene rings is 2. The van der Waals surface area contributed by atoms with Gasteiger partial charge in [0.2, 0.25) is 0 Å². The number of halogens is 1. The predicted octanol–water partition coefficient (Wildman–Crippen LogP) is 3.47. The van der Waals surface area contributed by atoms with E-state index < -0.39 is 0 Å². The van der Waals surface area contributed by atoms with E-state index in [-0.39, 0.29) is 12.5 Å². The number of carbonyl (C=O) groups is 1. The van der Waals surface area contributed by atoms with Crippen LogP contribution in [-0.4, -0.2) is 19.1 Å². The summed E-state index contributed by atoms with van der Waals surface area (Å²) < 4.78 is 4.87. The Labute approximate surface area is 111 Å². The second kappa shape index (κ2) is 5.74. The zero-order valence-electron chi connectivity index (χ0n) is 10.1. The van der Waals surface area contributed by atoms with E-state index in [1.165, 1.54) is 0 Å². The van der Waals surface area contributed by atoms with E-state index in [2.05, 4.69) is 5.32 Å². The Bertz CT molecular complexity index is 569. The second-order valence-electron chi connectivity index (χ2n) is 3.80. The van der Waals surface area contributed by atoms with Gasteiger partial charge in [0, 0.05) is 21.5 Å². The molecule has 0 bridgehead atoms. The smallest absolute Gasteiger partial charge is 0.325 e. The molecule has 4 heteroatoms. The molecule has 0 unspecified atom stereocenters. The van der Waals surface area contributed by atoms with Crippen LogP contribution in [0.25, 0.3) is 10.8 Å². The minimum atomic E-state index is -0.267. The molecule has 0 spiro atoms. The van der Waals surface area contributed by atoms with Crippen molar-refractivity contribution in [3.05, 3.63) is 41.4 Å². The summed E-state index contributed by atoms with van der Waals surface area (Å²) >= 11 is 6.12. The van der Waals surface area contributed by atoms with Gasteiger partial charge in [0.15, 0.2) is 0 Å². The number of hydrogen-bond donors (Lipinski definition) is 1. The van der Waals surface area contributed by atoms with Crippen LogP contribution in [0, 0.1) is 0 Å². The Balaban J connectivity index is 2.24. The fraction of sp³-hybridized carbons (Fsp3) is 0.214. The Morgan fingerprint density at radius 2 is 1.94 bits per heavy atom. The lowest BCUT2D eigenvalue weighted by Gasteiger charge is -2.10. The van der Waals surface area contributed by atoms with E-state index in [1.54, 1.807) is 6.92 Å². The van der Waals surface area contributed by atoms with Crippen LogP contribution in [0.1, 0.15) is 6.92 Å². The van der Waals surface area contributed by atoms with Gasteiger partial charge in [-0.25, -0.2) is 0 Å². The molecule has 0 fully saturated rings. The molecule has 0 aromatic heterocycles. The summed E-state index contributed by atoms with van der Waals surface area (Å²) in [7, 11) is 0. The zero-order valence-corrected chi connectivity index (χ0v) is 10.8. The summed E-state index contributed by atoms with van der Waals surface area (Å²) in [5.41, 5.74) is 0.878. The van der Waals surface area contributed by atoms with Gasteiger partial charge in [0.05, 0.1) is 6.61 Å². The quantitative estimate of drug-likeness (QED) is 0.859. The Morgan fingerprint density at radius 1 is 1.22 bits per heavy atom. The van der Waals surface area contributed by atoms with Gasteiger partial charge in [-0.3, -0.25) is 4.79 Å². The predicted molar refractivity (Wildman–Crippen MR) is 74.1 cm³/mol. The number of esters is 1. The lowest BCUT2D eigenvalue weighted by atomic mass is 10.1. The Kier molecular flexibility index (Phi) is 4.05. The van der Waals surface area contributed by atoms with Gasteiger partial charge in [0.25, 0.3) is 0 Å². The van der Waals surface area contributed by atoms with Crippen LogP contribution in [0.4, 0.5) is 5.69 Å². The number of nitrogens with one attached hydrogen (secondary N) is 1. The maximum absolute atomic E-state index is 11.3. The van der Waals surface area contributed by atoms with Crippen molar-refractivity contribution < 1.29 is 9.53 Å². The SMILES string of the molecule is CCOC(=O)CNc1ccc(Cl)c2ccccc12. The molecule has 0 aliphatic rings. The first-order valence-corrected chi connectivity index (χ1v) is 6.17. The summed E-state index contributed by atoms with van der Waals surface area (Å²) in [4.78, 5) is 11.3. The van der Waals surface area contributed by atoms with Gasteiger partial charge in [0.1, 0.15) is 6.54 Å². The highest BCUT2D eigenvalue weighted by molar-refractivity contribution is 6.36. The van der Waals surface area contributed by atoms with E-state index in [9.17, 15) is 4.79 Å². The topological polar surface area (TPSA) is 38.3 Å². The number of hydrogen-bond acceptors (Lipinski definition) is 3. The van der Waals surface area contributed by atoms with Crippen LogP contribution in [0.2, 0.25) is 5.02 Å². The molecule has 2 aromatic rings. The molecule has 94 valence electrons. The number of anilines is 1. The van der Waals surface area contributed by atoms with Crippen molar-refractivity contribution in [1.82, 2.24) is 0 Å². The van der Waals surface area contributed by atoms with Gasteiger partial charge < -0.3 is 10.1 Å². The summed E-state index contributed by atoms with van der Waals surface area (Å²) in [6, 6.07) is 11.5. The van der Waals surface area contributed by atoms with Crippen LogP contribution in [0.15, 0.2) is 36.4 Å². The molecule has 1 N–H and O–H groups in total. The molecule has 0 heterocycles. The van der Waals surface area contributed by atoms with Gasteiger partial charge in [-0.1, -0.05) is 35.9 Å². The third kappa shape index (κ3) is 2.74. The number of carbonyl (C=O) groups excluding carboxylic acids is 1. The molecule has 3 nitrogen and oxygen atoms in total. The average Bonchev–Trinajstić information content (AvgIpc) is 2.39. The third-order valence-electron chi connectivity index (χ3n) is 2.60. The van der Waals surface area contributed by atoms with Crippen molar-refractivity contribution in [2.45, 2.75) is 6.92 Å². The maximum Gasteiger partial charge on any atom is 0.325 e. The average molecular weight is 264 g/mol. The van der Waals surface area contributed by atoms with Crippen molar-refractivity contribution >= 4 is 34.0 Å². The molecule has 0 amide bonds. The standard InChI is InChI=1S/C14H14ClNO2/c1-2-18-14(17)9-16-13-8-7-12(15)10-5-3-4-6-11(10)13/h3-8,16H,2,9H2,1H3. The van der Waals surface area contributed by atoms with Gasteiger partial charge >= 0.3 is 5.97 Å². The van der Waals surface area contributed by atoms with E-state index in [0.717, 1.165) is 16.5 Å². The summed E-state index contributed by atoms with van der Waals surface area (Å²) in [6.45, 7) is 2.33. The van der Waals surface area contributed by atoms with Gasteiger partial charge in [-0.2, -0.15) is 0 Å². The maximum atomic E-state index is 11.3. The second-order valence-corrected chi connectivity index (χ2v) is 4.21. The number of fused-ring (bicyclic) bond motifs is 1. The first kappa shape index (κ1) is 12.7. The van der Waals surface area contributed by atoms with Crippen LogP contribution in [-0.2, 0) is 9.53 Å². The van der Waals surface area contributed by atoms with Crippen molar-refractivity contribution in [1.29, 1.82) is 0 Å². The summed E-state index contributed by atoms with van der Waals surface area (Å²) in [5.74, 6) is -0.267. The van der Waals surface area contributed by atoms with Gasteiger partial charge in [-0.15, -0.1) is 0 Å². The molecular formula is C14H14ClNO2. The lowest BCUT2D eigenvalue weighted by molar-refractivity contribution is -0.140. The molecule has 0 aliphatic heterocycles. The molecule has 18 heavy (non-hydrogen) atoms. The largest absolute Gasteiger partial charge is 0.465 e. The molecule has 0 saturated heterocycles. The van der Waals surface area contributed by atoms with Crippen LogP contribution in [0.5, 0.6) is 0 Å². The number of rotatable bonds is 4. The molecule has 2 rings (SSSR count). The third-order valence-corrected chi connectivity index (χ3v) is 2.93. The van der Waals surface area contributed by atoms with Crippen molar-refractivity contribution in [3.8, 4) is 0 Å². The molecule has 2 aromatic carbocycles. The summed E-state index contributed by atoms with van der Waals surface area (Å²) in [6.07, 6.45) is 0. The highest BCUT2D eigenvalue weighted by atomic mass is 35.5. The minimum absolute atomic E-state index is 0.152. The van der Waals surface area contributed by atoms with E-state index >= 15 is 0 Å². The van der Waals surface area contributed by atoms with Gasteiger partial charge in [-0.05, 0) is 19.1 Å². The van der Waals surface area contributed by atoms with Crippen molar-refractivity contribution in [2.75, 3.05) is 18.5 Å². The first-order valence-electron chi connectivity index (χ1n) is 5.79. The first-order chi connectivity index (χ1) is 8.72. The Morgan fingerprint density at radius 3 is 2.67 bits per heavy atom. The fourth-order valence-corrected chi connectivity index (χ4v) is 2.02. The van der Waals surface area contributed by atoms with E-state index in [1.807, 2.05) is 36.4 Å². The van der Waals surface area contributed by atoms with Crippen LogP contribution >= 0.6 is 11.6 Å². The van der Waals surface area contributed by atoms with Crippen LogP contribution in [0.3, 0.4) is 0 Å². The van der Waals surface area contributed by atoms with E-state index in [4.69, 9.17) is 16.3 Å². The van der Waals surface area contributed by atoms with Crippen molar-refractivity contribution in [2.24, 2.45) is 0 Å². The number of ether oxygens (including phenoxy) is 1. The van der Waals surface area contributed by atoms with E-state index in [0.29, 0.717) is 11.6 Å². The lowest BCUT2D eigenvalue weighted by Crippen LogP contribution is -2.16. The molecule has 0 radical (unpaired) electrons. The zero-order chi connectivity index (χ0) is 13.0. The van der Waals surface area contributed by atoms with Crippen molar-refractivity contribution in [3.63, 3.8) is 0 Å². The highest BCUT2D eigenvalue weighted by Gasteiger charge is 2.06. The Hall–Kier alpha value is -1.74. The molecule has 0 atom stereocenters.